The van der Waals surface area contributed by atoms with Gasteiger partial charge in [0.1, 0.15) is 11.1 Å². The van der Waals surface area contributed by atoms with Crippen molar-refractivity contribution < 1.29 is 9.59 Å². The van der Waals surface area contributed by atoms with Crippen molar-refractivity contribution in [2.45, 2.75) is 48.7 Å². The van der Waals surface area contributed by atoms with Gasteiger partial charge < -0.3 is 10.6 Å². The van der Waals surface area contributed by atoms with Gasteiger partial charge in [0, 0.05) is 15.5 Å². The van der Waals surface area contributed by atoms with Crippen LogP contribution in [0.1, 0.15) is 46.4 Å². The normalized spacial score (nSPS) is 15.0. The minimum absolute atomic E-state index is 0.0886. The van der Waals surface area contributed by atoms with Gasteiger partial charge in [-0.2, -0.15) is 5.26 Å². The molecule has 0 spiro atoms. The summed E-state index contributed by atoms with van der Waals surface area (Å²) < 4.78 is 0. The van der Waals surface area contributed by atoms with Gasteiger partial charge in [-0.15, -0.1) is 23.1 Å². The predicted octanol–water partition coefficient (Wildman–Crippen LogP) is 7.19. The number of nitrogens with one attached hydrogen (secondary N) is 2. The average Bonchev–Trinajstić information content (AvgIpc) is 3.30. The number of nitrogens with zero attached hydrogens (tertiary/aromatic N) is 1. The number of fused-ring (bicyclic) bond motifs is 1. The van der Waals surface area contributed by atoms with Gasteiger partial charge in [0.05, 0.1) is 17.2 Å². The van der Waals surface area contributed by atoms with E-state index in [-0.39, 0.29) is 17.1 Å². The van der Waals surface area contributed by atoms with E-state index in [1.807, 2.05) is 67.6 Å². The summed E-state index contributed by atoms with van der Waals surface area (Å²) in [4.78, 5) is 27.7. The summed E-state index contributed by atoms with van der Waals surface area (Å²) in [5.41, 5.74) is 4.66. The third kappa shape index (κ3) is 6.59. The molecule has 0 bridgehead atoms. The lowest BCUT2D eigenvalue weighted by atomic mass is 9.83. The number of nitriles is 1. The van der Waals surface area contributed by atoms with E-state index in [9.17, 15) is 14.9 Å². The second-order valence-electron chi connectivity index (χ2n) is 9.66. The molecule has 2 amide bonds. The Kier molecular flexibility index (Phi) is 8.45. The van der Waals surface area contributed by atoms with Crippen LogP contribution in [0.3, 0.4) is 0 Å². The molecule has 0 radical (unpaired) electrons. The Hall–Kier alpha value is -3.86. The first-order chi connectivity index (χ1) is 19.0. The molecule has 0 fully saturated rings. The summed E-state index contributed by atoms with van der Waals surface area (Å²) in [6, 6.07) is 30.0. The van der Waals surface area contributed by atoms with E-state index in [4.69, 9.17) is 0 Å². The van der Waals surface area contributed by atoms with Crippen LogP contribution in [0.2, 0.25) is 0 Å². The zero-order valence-electron chi connectivity index (χ0n) is 21.6. The highest BCUT2D eigenvalue weighted by Gasteiger charge is 2.28. The number of thioether (sulfide) groups is 1. The van der Waals surface area contributed by atoms with Gasteiger partial charge in [-0.1, -0.05) is 66.7 Å². The molecular formula is C32H29N3O2S2. The smallest absolute Gasteiger partial charge is 0.238 e. The molecule has 7 heteroatoms. The number of anilines is 2. The largest absolute Gasteiger partial charge is 0.326 e. The van der Waals surface area contributed by atoms with Crippen LogP contribution in [-0.2, 0) is 28.9 Å². The summed E-state index contributed by atoms with van der Waals surface area (Å²) in [6.07, 6.45) is 3.04. The molecule has 1 heterocycles. The Morgan fingerprint density at radius 2 is 1.77 bits per heavy atom. The van der Waals surface area contributed by atoms with Crippen LogP contribution in [-0.4, -0.2) is 17.1 Å². The van der Waals surface area contributed by atoms with Crippen molar-refractivity contribution in [3.63, 3.8) is 0 Å². The van der Waals surface area contributed by atoms with Crippen LogP contribution >= 0.6 is 23.1 Å². The minimum Gasteiger partial charge on any atom is -0.326 e. The number of carbonyl (C=O) groups is 2. The average molecular weight is 552 g/mol. The Balaban J connectivity index is 1.21. The van der Waals surface area contributed by atoms with Crippen molar-refractivity contribution in [3.05, 3.63) is 112 Å². The van der Waals surface area contributed by atoms with Crippen molar-refractivity contribution >= 4 is 45.6 Å². The van der Waals surface area contributed by atoms with Crippen LogP contribution in [0, 0.1) is 11.3 Å². The third-order valence-electron chi connectivity index (χ3n) is 6.89. The quantitative estimate of drug-likeness (QED) is 0.227. The fourth-order valence-electron chi connectivity index (χ4n) is 4.91. The van der Waals surface area contributed by atoms with Gasteiger partial charge in [0.25, 0.3) is 0 Å². The van der Waals surface area contributed by atoms with Crippen LogP contribution in [0.5, 0.6) is 0 Å². The molecule has 1 aliphatic carbocycles. The highest BCUT2D eigenvalue weighted by molar-refractivity contribution is 8.00. The van der Waals surface area contributed by atoms with Gasteiger partial charge in [-0.05, 0) is 67.0 Å². The van der Waals surface area contributed by atoms with Gasteiger partial charge in [0.15, 0.2) is 0 Å². The molecule has 4 aromatic rings. The van der Waals surface area contributed by atoms with Crippen molar-refractivity contribution in [2.24, 2.45) is 0 Å². The van der Waals surface area contributed by atoms with Gasteiger partial charge in [-0.3, -0.25) is 9.59 Å². The van der Waals surface area contributed by atoms with E-state index in [0.29, 0.717) is 28.6 Å². The van der Waals surface area contributed by atoms with Gasteiger partial charge in [-0.25, -0.2) is 0 Å². The Morgan fingerprint density at radius 3 is 2.51 bits per heavy atom. The maximum atomic E-state index is 13.1. The summed E-state index contributed by atoms with van der Waals surface area (Å²) in [5, 5.41) is 16.1. The van der Waals surface area contributed by atoms with Crippen LogP contribution in [0.15, 0.2) is 89.8 Å². The number of hydrogen-bond acceptors (Lipinski definition) is 5. The molecule has 5 nitrogen and oxygen atoms in total. The molecule has 1 aromatic heterocycles. The second kappa shape index (κ2) is 12.3. The lowest BCUT2D eigenvalue weighted by Gasteiger charge is -2.22. The minimum atomic E-state index is -0.386. The van der Waals surface area contributed by atoms with E-state index < -0.39 is 0 Å². The standard InChI is InChI=1S/C32H29N3O2S2/c1-21(38-26-14-8-13-25(19-26)34-30(36)17-22-9-4-2-5-10-22)31(37)35-32-28(20-33)27-16-15-24(18-29(27)39-32)23-11-6-3-7-12-23/h2-14,19,21,24H,15-18H2,1H3,(H,34,36)(H,35,37). The molecule has 0 saturated carbocycles. The van der Waals surface area contributed by atoms with E-state index in [0.717, 1.165) is 35.3 Å². The van der Waals surface area contributed by atoms with Crippen molar-refractivity contribution in [2.75, 3.05) is 10.6 Å². The van der Waals surface area contributed by atoms with E-state index >= 15 is 0 Å². The van der Waals surface area contributed by atoms with Crippen LogP contribution in [0.25, 0.3) is 0 Å². The number of hydrogen-bond donors (Lipinski definition) is 2. The van der Waals surface area contributed by atoms with Crippen molar-refractivity contribution in [3.8, 4) is 6.07 Å². The number of amides is 2. The molecule has 2 N–H and O–H groups in total. The lowest BCUT2D eigenvalue weighted by molar-refractivity contribution is -0.116. The molecule has 5 rings (SSSR count). The van der Waals surface area contributed by atoms with Crippen molar-refractivity contribution in [1.82, 2.24) is 0 Å². The molecule has 196 valence electrons. The SMILES string of the molecule is CC(Sc1cccc(NC(=O)Cc2ccccc2)c1)C(=O)Nc1sc2c(c1C#N)CCC(c1ccccc1)C2. The molecule has 1 aliphatic rings. The first-order valence-electron chi connectivity index (χ1n) is 13.0. The highest BCUT2D eigenvalue weighted by Crippen LogP contribution is 2.42. The zero-order chi connectivity index (χ0) is 27.2. The molecule has 2 atom stereocenters. The van der Waals surface area contributed by atoms with Crippen molar-refractivity contribution in [1.29, 1.82) is 5.26 Å². The molecule has 39 heavy (non-hydrogen) atoms. The van der Waals surface area contributed by atoms with Crippen LogP contribution in [0.4, 0.5) is 10.7 Å². The zero-order valence-corrected chi connectivity index (χ0v) is 23.3. The molecule has 0 saturated heterocycles. The molecule has 2 unspecified atom stereocenters. The second-order valence-corrected chi connectivity index (χ2v) is 12.2. The summed E-state index contributed by atoms with van der Waals surface area (Å²) in [7, 11) is 0. The lowest BCUT2D eigenvalue weighted by Crippen LogP contribution is -2.22. The topological polar surface area (TPSA) is 82.0 Å². The van der Waals surface area contributed by atoms with E-state index in [2.05, 4.69) is 41.0 Å². The fourth-order valence-corrected chi connectivity index (χ4v) is 7.11. The monoisotopic (exact) mass is 551 g/mol. The number of thiophene rings is 1. The molecule has 3 aromatic carbocycles. The molecule has 0 aliphatic heterocycles. The first kappa shape index (κ1) is 26.7. The maximum absolute atomic E-state index is 13.1. The van der Waals surface area contributed by atoms with E-state index in [1.54, 1.807) is 0 Å². The highest BCUT2D eigenvalue weighted by atomic mass is 32.2. The Labute approximate surface area is 237 Å². The van der Waals surface area contributed by atoms with Gasteiger partial charge in [0.2, 0.25) is 11.8 Å². The third-order valence-corrected chi connectivity index (χ3v) is 9.16. The Bertz CT molecular complexity index is 1510. The van der Waals surface area contributed by atoms with Gasteiger partial charge >= 0.3 is 0 Å². The summed E-state index contributed by atoms with van der Waals surface area (Å²) in [5.74, 6) is 0.199. The maximum Gasteiger partial charge on any atom is 0.238 e. The summed E-state index contributed by atoms with van der Waals surface area (Å²) in [6.45, 7) is 1.85. The number of carbonyl (C=O) groups excluding carboxylic acids is 2. The fraction of sp³-hybridized carbons (Fsp3) is 0.219. The summed E-state index contributed by atoms with van der Waals surface area (Å²) >= 11 is 2.96. The number of benzene rings is 3. The first-order valence-corrected chi connectivity index (χ1v) is 14.7. The van der Waals surface area contributed by atoms with E-state index in [1.165, 1.54) is 33.5 Å². The predicted molar refractivity (Wildman–Crippen MR) is 159 cm³/mol. The Morgan fingerprint density at radius 1 is 1.03 bits per heavy atom. The van der Waals surface area contributed by atoms with Crippen LogP contribution < -0.4 is 10.6 Å². The molecular weight excluding hydrogens is 523 g/mol. The number of rotatable bonds is 8.